The van der Waals surface area contributed by atoms with Crippen molar-refractivity contribution in [3.05, 3.63) is 34.9 Å². The second kappa shape index (κ2) is 5.21. The topological polar surface area (TPSA) is 38.8 Å². The smallest absolute Gasteiger partial charge is 0.410 e. The van der Waals surface area contributed by atoms with Crippen molar-refractivity contribution in [2.24, 2.45) is 0 Å². The van der Waals surface area contributed by atoms with Gasteiger partial charge in [0.1, 0.15) is 5.60 Å². The molecular formula is C15H21NO3. The molecule has 0 radical (unpaired) electrons. The van der Waals surface area contributed by atoms with E-state index in [2.05, 4.69) is 12.1 Å². The van der Waals surface area contributed by atoms with Crippen LogP contribution >= 0.6 is 0 Å². The lowest BCUT2D eigenvalue weighted by molar-refractivity contribution is 0.0242. The van der Waals surface area contributed by atoms with E-state index in [1.165, 1.54) is 11.1 Å². The first kappa shape index (κ1) is 13.9. The maximum atomic E-state index is 12.0. The molecule has 0 N–H and O–H groups in total. The lowest BCUT2D eigenvalue weighted by atomic mass is 10.1. The Morgan fingerprint density at radius 3 is 2.58 bits per heavy atom. The van der Waals surface area contributed by atoms with E-state index in [0.29, 0.717) is 19.7 Å². The maximum absolute atomic E-state index is 12.0. The highest BCUT2D eigenvalue weighted by Gasteiger charge is 2.27. The van der Waals surface area contributed by atoms with Gasteiger partial charge in [0.05, 0.1) is 6.61 Å². The Kier molecular flexibility index (Phi) is 3.80. The summed E-state index contributed by atoms with van der Waals surface area (Å²) in [6.45, 7) is 7.47. The summed E-state index contributed by atoms with van der Waals surface area (Å²) in [4.78, 5) is 13.7. The molecule has 1 aromatic rings. The fraction of sp³-hybridized carbons (Fsp3) is 0.533. The number of carbonyl (C=O) groups is 1. The van der Waals surface area contributed by atoms with Crippen LogP contribution in [0.1, 0.15) is 37.5 Å². The van der Waals surface area contributed by atoms with E-state index in [1.54, 1.807) is 12.0 Å². The molecule has 1 heterocycles. The van der Waals surface area contributed by atoms with E-state index < -0.39 is 5.60 Å². The van der Waals surface area contributed by atoms with Gasteiger partial charge in [-0.25, -0.2) is 4.79 Å². The molecule has 1 amide bonds. The van der Waals surface area contributed by atoms with Gasteiger partial charge >= 0.3 is 6.09 Å². The molecule has 0 unspecified atom stereocenters. The molecule has 104 valence electrons. The highest BCUT2D eigenvalue weighted by Crippen LogP contribution is 2.25. The van der Waals surface area contributed by atoms with Crippen LogP contribution in [0.15, 0.2) is 18.2 Å². The van der Waals surface area contributed by atoms with Crippen molar-refractivity contribution in [3.8, 4) is 0 Å². The van der Waals surface area contributed by atoms with Gasteiger partial charge in [-0.05, 0) is 37.5 Å². The van der Waals surface area contributed by atoms with Gasteiger partial charge in [0.25, 0.3) is 0 Å². The fourth-order valence-electron chi connectivity index (χ4n) is 2.16. The van der Waals surface area contributed by atoms with Gasteiger partial charge < -0.3 is 9.47 Å². The minimum atomic E-state index is -0.451. The Morgan fingerprint density at radius 2 is 1.95 bits per heavy atom. The summed E-state index contributed by atoms with van der Waals surface area (Å²) in [6, 6.07) is 6.21. The van der Waals surface area contributed by atoms with E-state index in [4.69, 9.17) is 9.47 Å². The Labute approximate surface area is 114 Å². The molecule has 0 aromatic heterocycles. The van der Waals surface area contributed by atoms with E-state index in [9.17, 15) is 4.79 Å². The van der Waals surface area contributed by atoms with Crippen LogP contribution in [0, 0.1) is 0 Å². The molecule has 1 aliphatic rings. The Morgan fingerprint density at radius 1 is 1.26 bits per heavy atom. The first-order valence-electron chi connectivity index (χ1n) is 6.46. The van der Waals surface area contributed by atoms with E-state index in [1.807, 2.05) is 26.8 Å². The minimum absolute atomic E-state index is 0.253. The van der Waals surface area contributed by atoms with Crippen LogP contribution in [0.3, 0.4) is 0 Å². The SMILES string of the molecule is COCc1ccc2c(c1)CN(C(=O)OC(C)(C)C)C2. The standard InChI is InChI=1S/C15H21NO3/c1-15(2,3)19-14(17)16-8-12-6-5-11(10-18-4)7-13(12)9-16/h5-7H,8-10H2,1-4H3. The summed E-state index contributed by atoms with van der Waals surface area (Å²) in [5.41, 5.74) is 3.05. The number of carbonyl (C=O) groups excluding carboxylic acids is 1. The number of ether oxygens (including phenoxy) is 2. The van der Waals surface area contributed by atoms with E-state index >= 15 is 0 Å². The summed E-state index contributed by atoms with van der Waals surface area (Å²) >= 11 is 0. The van der Waals surface area contributed by atoms with Crippen LogP contribution in [0.4, 0.5) is 4.79 Å². The molecule has 0 spiro atoms. The zero-order valence-electron chi connectivity index (χ0n) is 12.0. The molecule has 2 rings (SSSR count). The number of hydrogen-bond acceptors (Lipinski definition) is 3. The zero-order chi connectivity index (χ0) is 14.0. The molecule has 0 aliphatic carbocycles. The van der Waals surface area contributed by atoms with Crippen molar-refractivity contribution in [2.45, 2.75) is 46.1 Å². The molecule has 0 fully saturated rings. The summed E-state index contributed by atoms with van der Waals surface area (Å²) in [5.74, 6) is 0. The van der Waals surface area contributed by atoms with Crippen LogP contribution < -0.4 is 0 Å². The minimum Gasteiger partial charge on any atom is -0.444 e. The normalized spacial score (nSPS) is 14.4. The van der Waals surface area contributed by atoms with Crippen molar-refractivity contribution >= 4 is 6.09 Å². The molecule has 0 bridgehead atoms. The predicted molar refractivity (Wildman–Crippen MR) is 72.6 cm³/mol. The number of amides is 1. The van der Waals surface area contributed by atoms with Crippen molar-refractivity contribution in [1.82, 2.24) is 4.90 Å². The maximum Gasteiger partial charge on any atom is 0.410 e. The lowest BCUT2D eigenvalue weighted by Gasteiger charge is -2.24. The number of nitrogens with zero attached hydrogens (tertiary/aromatic N) is 1. The average Bonchev–Trinajstić information content (AvgIpc) is 2.70. The first-order chi connectivity index (χ1) is 8.89. The van der Waals surface area contributed by atoms with E-state index in [-0.39, 0.29) is 6.09 Å². The monoisotopic (exact) mass is 263 g/mol. The molecule has 1 aromatic carbocycles. The molecule has 4 heteroatoms. The summed E-state index contributed by atoms with van der Waals surface area (Å²) in [5, 5.41) is 0. The van der Waals surface area contributed by atoms with Gasteiger partial charge in [0, 0.05) is 20.2 Å². The third kappa shape index (κ3) is 3.47. The highest BCUT2D eigenvalue weighted by atomic mass is 16.6. The van der Waals surface area contributed by atoms with Gasteiger partial charge in [0.15, 0.2) is 0 Å². The molecule has 0 saturated carbocycles. The summed E-state index contributed by atoms with van der Waals surface area (Å²) in [6.07, 6.45) is -0.253. The number of methoxy groups -OCH3 is 1. The predicted octanol–water partition coefficient (Wildman–Crippen LogP) is 3.08. The lowest BCUT2D eigenvalue weighted by Crippen LogP contribution is -2.33. The van der Waals surface area contributed by atoms with Crippen molar-refractivity contribution < 1.29 is 14.3 Å². The third-order valence-electron chi connectivity index (χ3n) is 2.96. The molecule has 19 heavy (non-hydrogen) atoms. The van der Waals surface area contributed by atoms with Crippen LogP contribution in [-0.2, 0) is 29.2 Å². The second-order valence-corrected chi connectivity index (χ2v) is 5.87. The molecular weight excluding hydrogens is 242 g/mol. The number of hydrogen-bond donors (Lipinski definition) is 0. The van der Waals surface area contributed by atoms with E-state index in [0.717, 1.165) is 5.56 Å². The van der Waals surface area contributed by atoms with Crippen LogP contribution in [0.2, 0.25) is 0 Å². The number of fused-ring (bicyclic) bond motifs is 1. The largest absolute Gasteiger partial charge is 0.444 e. The van der Waals surface area contributed by atoms with Gasteiger partial charge in [-0.3, -0.25) is 4.90 Å². The van der Waals surface area contributed by atoms with Crippen LogP contribution in [0.25, 0.3) is 0 Å². The van der Waals surface area contributed by atoms with Crippen molar-refractivity contribution in [2.75, 3.05) is 7.11 Å². The highest BCUT2D eigenvalue weighted by molar-refractivity contribution is 5.69. The average molecular weight is 263 g/mol. The van der Waals surface area contributed by atoms with Crippen LogP contribution in [0.5, 0.6) is 0 Å². The fourth-order valence-corrected chi connectivity index (χ4v) is 2.16. The molecule has 1 aliphatic heterocycles. The Hall–Kier alpha value is -1.55. The Balaban J connectivity index is 2.05. The third-order valence-corrected chi connectivity index (χ3v) is 2.96. The van der Waals surface area contributed by atoms with Crippen molar-refractivity contribution in [3.63, 3.8) is 0 Å². The molecule has 0 atom stereocenters. The number of rotatable bonds is 2. The quantitative estimate of drug-likeness (QED) is 0.823. The summed E-state index contributed by atoms with van der Waals surface area (Å²) < 4.78 is 10.5. The van der Waals surface area contributed by atoms with Gasteiger partial charge in [-0.15, -0.1) is 0 Å². The van der Waals surface area contributed by atoms with Crippen molar-refractivity contribution in [1.29, 1.82) is 0 Å². The van der Waals surface area contributed by atoms with Gasteiger partial charge in [-0.1, -0.05) is 18.2 Å². The summed E-state index contributed by atoms with van der Waals surface area (Å²) in [7, 11) is 1.68. The molecule has 4 nitrogen and oxygen atoms in total. The van der Waals surface area contributed by atoms with Gasteiger partial charge in [-0.2, -0.15) is 0 Å². The van der Waals surface area contributed by atoms with Gasteiger partial charge in [0.2, 0.25) is 0 Å². The second-order valence-electron chi connectivity index (χ2n) is 5.87. The Bertz CT molecular complexity index is 477. The van der Waals surface area contributed by atoms with Crippen LogP contribution in [-0.4, -0.2) is 23.7 Å². The first-order valence-corrected chi connectivity index (χ1v) is 6.46. The number of benzene rings is 1. The zero-order valence-corrected chi connectivity index (χ0v) is 12.0. The molecule has 0 saturated heterocycles.